The van der Waals surface area contributed by atoms with Crippen LogP contribution in [-0.4, -0.2) is 26.2 Å². The van der Waals surface area contributed by atoms with E-state index in [-0.39, 0.29) is 11.9 Å². The third kappa shape index (κ3) is 5.54. The molecule has 0 saturated heterocycles. The van der Waals surface area contributed by atoms with Gasteiger partial charge in [-0.15, -0.1) is 0 Å². The van der Waals surface area contributed by atoms with Crippen LogP contribution in [0.3, 0.4) is 0 Å². The minimum absolute atomic E-state index is 0.158. The summed E-state index contributed by atoms with van der Waals surface area (Å²) < 4.78 is 16.5. The van der Waals surface area contributed by atoms with E-state index in [0.717, 1.165) is 12.0 Å². The van der Waals surface area contributed by atoms with Gasteiger partial charge in [0.1, 0.15) is 5.75 Å². The van der Waals surface area contributed by atoms with Crippen molar-refractivity contribution in [3.63, 3.8) is 0 Å². The van der Waals surface area contributed by atoms with Crippen molar-refractivity contribution in [2.75, 3.05) is 14.2 Å². The van der Waals surface area contributed by atoms with Crippen molar-refractivity contribution >= 4 is 17.5 Å². The van der Waals surface area contributed by atoms with Crippen LogP contribution in [0, 0.1) is 0 Å². The number of carbonyl (C=O) groups excluding carboxylic acids is 1. The number of carbonyl (C=O) groups is 1. The van der Waals surface area contributed by atoms with Crippen LogP contribution in [0.5, 0.6) is 17.2 Å². The summed E-state index contributed by atoms with van der Waals surface area (Å²) >= 11 is 5.99. The van der Waals surface area contributed by atoms with Gasteiger partial charge in [-0.25, -0.2) is 0 Å². The molecule has 0 aliphatic carbocycles. The topological polar surface area (TPSA) is 56.8 Å². The molecule has 0 aliphatic rings. The van der Waals surface area contributed by atoms with E-state index in [0.29, 0.717) is 28.7 Å². The summed E-state index contributed by atoms with van der Waals surface area (Å²) in [5.41, 5.74) is 0.945. The number of hydrogen-bond acceptors (Lipinski definition) is 4. The highest BCUT2D eigenvalue weighted by atomic mass is 35.5. The minimum atomic E-state index is -0.599. The van der Waals surface area contributed by atoms with Gasteiger partial charge in [-0.05, 0) is 48.7 Å². The molecule has 2 aromatic carbocycles. The number of ether oxygens (including phenoxy) is 3. The molecule has 0 aliphatic heterocycles. The quantitative estimate of drug-likeness (QED) is 0.668. The lowest BCUT2D eigenvalue weighted by Gasteiger charge is -2.23. The molecule has 5 nitrogen and oxygen atoms in total. The molecule has 6 heteroatoms. The SMILES string of the molecule is CCC(Oc1cccc(Cl)c1)C(=O)NC(CC)c1ccc(OC)c(OC)c1. The summed E-state index contributed by atoms with van der Waals surface area (Å²) in [6, 6.07) is 12.5. The average Bonchev–Trinajstić information content (AvgIpc) is 2.69. The molecule has 0 bridgehead atoms. The summed E-state index contributed by atoms with van der Waals surface area (Å²) in [7, 11) is 3.18. The summed E-state index contributed by atoms with van der Waals surface area (Å²) in [4.78, 5) is 12.8. The van der Waals surface area contributed by atoms with Crippen molar-refractivity contribution in [2.45, 2.75) is 38.8 Å². The summed E-state index contributed by atoms with van der Waals surface area (Å²) in [6.07, 6.45) is 0.674. The van der Waals surface area contributed by atoms with Crippen molar-refractivity contribution in [1.82, 2.24) is 5.32 Å². The lowest BCUT2D eigenvalue weighted by Crippen LogP contribution is -2.39. The van der Waals surface area contributed by atoms with Crippen LogP contribution in [0.4, 0.5) is 0 Å². The first-order valence-electron chi connectivity index (χ1n) is 8.96. The Hall–Kier alpha value is -2.40. The molecule has 0 heterocycles. The first-order chi connectivity index (χ1) is 13.0. The van der Waals surface area contributed by atoms with Crippen molar-refractivity contribution in [3.8, 4) is 17.2 Å². The van der Waals surface area contributed by atoms with Crippen LogP contribution < -0.4 is 19.5 Å². The molecule has 2 atom stereocenters. The van der Waals surface area contributed by atoms with E-state index in [1.807, 2.05) is 32.0 Å². The van der Waals surface area contributed by atoms with Gasteiger partial charge in [0.05, 0.1) is 20.3 Å². The van der Waals surface area contributed by atoms with E-state index in [1.54, 1.807) is 38.5 Å². The van der Waals surface area contributed by atoms with E-state index in [1.165, 1.54) is 0 Å². The molecule has 2 rings (SSSR count). The second-order valence-corrected chi connectivity index (χ2v) is 6.49. The molecular formula is C21H26ClNO4. The second-order valence-electron chi connectivity index (χ2n) is 6.06. The molecule has 1 amide bonds. The fourth-order valence-corrected chi connectivity index (χ4v) is 2.96. The first kappa shape index (κ1) is 20.9. The molecule has 146 valence electrons. The molecule has 0 spiro atoms. The molecule has 2 aromatic rings. The van der Waals surface area contributed by atoms with Crippen molar-refractivity contribution in [1.29, 1.82) is 0 Å². The normalized spacial score (nSPS) is 12.8. The summed E-state index contributed by atoms with van der Waals surface area (Å²) in [5, 5.41) is 3.63. The average molecular weight is 392 g/mol. The Balaban J connectivity index is 2.12. The predicted octanol–water partition coefficient (Wildman–Crippen LogP) is 4.78. The van der Waals surface area contributed by atoms with Gasteiger partial charge in [-0.1, -0.05) is 37.6 Å². The predicted molar refractivity (Wildman–Crippen MR) is 107 cm³/mol. The van der Waals surface area contributed by atoms with Crippen LogP contribution in [0.2, 0.25) is 5.02 Å². The lowest BCUT2D eigenvalue weighted by atomic mass is 10.0. The Morgan fingerprint density at radius 1 is 1.04 bits per heavy atom. The van der Waals surface area contributed by atoms with Gasteiger partial charge in [0.25, 0.3) is 5.91 Å². The van der Waals surface area contributed by atoms with E-state index in [9.17, 15) is 4.79 Å². The van der Waals surface area contributed by atoms with Crippen molar-refractivity contribution in [3.05, 3.63) is 53.1 Å². The fourth-order valence-electron chi connectivity index (χ4n) is 2.78. The van der Waals surface area contributed by atoms with Crippen molar-refractivity contribution in [2.24, 2.45) is 0 Å². The Morgan fingerprint density at radius 2 is 1.78 bits per heavy atom. The van der Waals surface area contributed by atoms with Gasteiger partial charge in [0, 0.05) is 5.02 Å². The minimum Gasteiger partial charge on any atom is -0.493 e. The van der Waals surface area contributed by atoms with Crippen LogP contribution >= 0.6 is 11.6 Å². The second kappa shape index (κ2) is 10.1. The molecule has 0 aromatic heterocycles. The smallest absolute Gasteiger partial charge is 0.261 e. The molecular weight excluding hydrogens is 366 g/mol. The molecule has 0 radical (unpaired) electrons. The van der Waals surface area contributed by atoms with Crippen LogP contribution in [-0.2, 0) is 4.79 Å². The molecule has 2 unspecified atom stereocenters. The van der Waals surface area contributed by atoms with Crippen LogP contribution in [0.1, 0.15) is 38.3 Å². The first-order valence-corrected chi connectivity index (χ1v) is 9.34. The highest BCUT2D eigenvalue weighted by Gasteiger charge is 2.22. The molecule has 0 fully saturated rings. The zero-order chi connectivity index (χ0) is 19.8. The zero-order valence-corrected chi connectivity index (χ0v) is 16.9. The van der Waals surface area contributed by atoms with Crippen LogP contribution in [0.25, 0.3) is 0 Å². The van der Waals surface area contributed by atoms with E-state index >= 15 is 0 Å². The van der Waals surface area contributed by atoms with Gasteiger partial charge in [0.2, 0.25) is 0 Å². The van der Waals surface area contributed by atoms with Gasteiger partial charge >= 0.3 is 0 Å². The fraction of sp³-hybridized carbons (Fsp3) is 0.381. The highest BCUT2D eigenvalue weighted by molar-refractivity contribution is 6.30. The Morgan fingerprint density at radius 3 is 2.37 bits per heavy atom. The van der Waals surface area contributed by atoms with E-state index < -0.39 is 6.10 Å². The molecule has 0 saturated carbocycles. The summed E-state index contributed by atoms with van der Waals surface area (Å²) in [5.74, 6) is 1.69. The Kier molecular flexibility index (Phi) is 7.80. The Bertz CT molecular complexity index is 766. The maximum absolute atomic E-state index is 12.8. The monoisotopic (exact) mass is 391 g/mol. The summed E-state index contributed by atoms with van der Waals surface area (Å²) in [6.45, 7) is 3.92. The van der Waals surface area contributed by atoms with Gasteiger partial charge in [0.15, 0.2) is 17.6 Å². The van der Waals surface area contributed by atoms with Gasteiger partial charge in [-0.3, -0.25) is 4.79 Å². The lowest BCUT2D eigenvalue weighted by molar-refractivity contribution is -0.128. The van der Waals surface area contributed by atoms with Gasteiger partial charge in [-0.2, -0.15) is 0 Å². The third-order valence-corrected chi connectivity index (χ3v) is 4.51. The van der Waals surface area contributed by atoms with Crippen LogP contribution in [0.15, 0.2) is 42.5 Å². The van der Waals surface area contributed by atoms with Crippen molar-refractivity contribution < 1.29 is 19.0 Å². The Labute approximate surface area is 165 Å². The maximum Gasteiger partial charge on any atom is 0.261 e. The largest absolute Gasteiger partial charge is 0.493 e. The number of benzene rings is 2. The number of rotatable bonds is 9. The molecule has 1 N–H and O–H groups in total. The maximum atomic E-state index is 12.8. The number of nitrogens with one attached hydrogen (secondary N) is 1. The van der Waals surface area contributed by atoms with Gasteiger partial charge < -0.3 is 19.5 Å². The number of hydrogen-bond donors (Lipinski definition) is 1. The number of amides is 1. The number of methoxy groups -OCH3 is 2. The number of halogens is 1. The molecule has 27 heavy (non-hydrogen) atoms. The standard InChI is InChI=1S/C21H26ClNO4/c1-5-17(14-10-11-19(25-3)20(12-14)26-4)23-21(24)18(6-2)27-16-9-7-8-15(22)13-16/h7-13,17-18H,5-6H2,1-4H3,(H,23,24). The third-order valence-electron chi connectivity index (χ3n) is 4.27. The van der Waals surface area contributed by atoms with E-state index in [2.05, 4.69) is 5.32 Å². The zero-order valence-electron chi connectivity index (χ0n) is 16.1. The van der Waals surface area contributed by atoms with E-state index in [4.69, 9.17) is 25.8 Å². The highest BCUT2D eigenvalue weighted by Crippen LogP contribution is 2.31.